The topological polar surface area (TPSA) is 92.7 Å². The fourth-order valence-corrected chi connectivity index (χ4v) is 1.38. The van der Waals surface area contributed by atoms with Crippen molar-refractivity contribution in [1.29, 1.82) is 0 Å². The van der Waals surface area contributed by atoms with Gasteiger partial charge in [0.15, 0.2) is 0 Å². The molecule has 0 saturated carbocycles. The van der Waals surface area contributed by atoms with Crippen molar-refractivity contribution in [3.63, 3.8) is 0 Å². The van der Waals surface area contributed by atoms with Gasteiger partial charge in [0.1, 0.15) is 0 Å². The maximum absolute atomic E-state index is 11.0. The molecular formula is C8H10NNaO5S. The average Bonchev–Trinajstić information content (AvgIpc) is 2.15. The van der Waals surface area contributed by atoms with Gasteiger partial charge in [-0.3, -0.25) is 9.27 Å². The minimum atomic E-state index is -4.28. The summed E-state index contributed by atoms with van der Waals surface area (Å²) in [6.07, 6.45) is 0. The Bertz CT molecular complexity index is 456. The first-order valence-electron chi connectivity index (χ1n) is 3.86. The van der Waals surface area contributed by atoms with E-state index in [1.54, 1.807) is 0 Å². The summed E-state index contributed by atoms with van der Waals surface area (Å²) in [6.45, 7) is 0. The second-order valence-corrected chi connectivity index (χ2v) is 3.80. The number of esters is 1. The Labute approximate surface area is 115 Å². The van der Waals surface area contributed by atoms with Gasteiger partial charge in [0.2, 0.25) is 0 Å². The van der Waals surface area contributed by atoms with E-state index in [1.807, 2.05) is 4.72 Å². The molecule has 0 aliphatic rings. The summed E-state index contributed by atoms with van der Waals surface area (Å²) in [6, 6.07) is 5.42. The summed E-state index contributed by atoms with van der Waals surface area (Å²) < 4.78 is 35.6. The summed E-state index contributed by atoms with van der Waals surface area (Å²) in [5, 5.41) is 0. The van der Waals surface area contributed by atoms with Crippen molar-refractivity contribution in [2.24, 2.45) is 0 Å². The summed E-state index contributed by atoms with van der Waals surface area (Å²) in [5.74, 6) is -0.520. The molecule has 0 radical (unpaired) electrons. The van der Waals surface area contributed by atoms with Crippen molar-refractivity contribution in [2.45, 2.75) is 0 Å². The van der Waals surface area contributed by atoms with Crippen LogP contribution in [0.25, 0.3) is 0 Å². The number of carbonyl (C=O) groups is 1. The molecule has 16 heavy (non-hydrogen) atoms. The zero-order valence-corrected chi connectivity index (χ0v) is 8.61. The van der Waals surface area contributed by atoms with Crippen LogP contribution in [-0.4, -0.2) is 55.6 Å². The molecule has 1 aromatic carbocycles. The molecule has 0 bridgehead atoms. The minimum absolute atomic E-state index is 0. The van der Waals surface area contributed by atoms with Gasteiger partial charge in [-0.1, -0.05) is 0 Å². The number of hydrogen-bond acceptors (Lipinski definition) is 4. The molecule has 0 aliphatic heterocycles. The van der Waals surface area contributed by atoms with Crippen LogP contribution in [0.15, 0.2) is 24.3 Å². The van der Waals surface area contributed by atoms with Crippen molar-refractivity contribution in [3.8, 4) is 0 Å². The summed E-state index contributed by atoms with van der Waals surface area (Å²) in [4.78, 5) is 11.0. The molecule has 0 saturated heterocycles. The molecule has 0 aromatic heterocycles. The van der Waals surface area contributed by atoms with Crippen LogP contribution in [0.2, 0.25) is 0 Å². The van der Waals surface area contributed by atoms with Gasteiger partial charge < -0.3 is 4.74 Å². The normalized spacial score (nSPS) is 10.1. The number of methoxy groups -OCH3 is 1. The standard InChI is InChI=1S/C8H9NO5S.Na.H/c1-14-8(10)6-2-4-7(5-3-6)9-15(11,12)13;;/h2-5,9H,1H3,(H,11,12,13);;. The van der Waals surface area contributed by atoms with Gasteiger partial charge in [0.05, 0.1) is 18.4 Å². The van der Waals surface area contributed by atoms with Gasteiger partial charge in [0, 0.05) is 0 Å². The van der Waals surface area contributed by atoms with E-state index < -0.39 is 16.3 Å². The zero-order chi connectivity index (χ0) is 11.5. The molecule has 84 valence electrons. The second kappa shape index (κ2) is 6.21. The number of benzene rings is 1. The quantitative estimate of drug-likeness (QED) is 0.452. The van der Waals surface area contributed by atoms with Gasteiger partial charge in [-0.05, 0) is 24.3 Å². The van der Waals surface area contributed by atoms with Crippen LogP contribution in [0.1, 0.15) is 10.4 Å². The first-order valence-corrected chi connectivity index (χ1v) is 5.30. The molecule has 2 N–H and O–H groups in total. The predicted octanol–water partition coefficient (Wildman–Crippen LogP) is 0.0394. The van der Waals surface area contributed by atoms with E-state index >= 15 is 0 Å². The van der Waals surface area contributed by atoms with E-state index in [4.69, 9.17) is 4.55 Å². The van der Waals surface area contributed by atoms with E-state index in [0.717, 1.165) is 0 Å². The van der Waals surface area contributed by atoms with Crippen LogP contribution < -0.4 is 4.72 Å². The van der Waals surface area contributed by atoms with Crippen molar-refractivity contribution in [1.82, 2.24) is 0 Å². The summed E-state index contributed by atoms with van der Waals surface area (Å²) in [5.41, 5.74) is 0.448. The Hall–Kier alpha value is -0.600. The van der Waals surface area contributed by atoms with Crippen LogP contribution >= 0.6 is 0 Å². The third-order valence-corrected chi connectivity index (χ3v) is 2.05. The summed E-state index contributed by atoms with van der Waals surface area (Å²) in [7, 11) is -3.04. The van der Waals surface area contributed by atoms with Gasteiger partial charge in [-0.15, -0.1) is 0 Å². The first-order chi connectivity index (χ1) is 6.92. The van der Waals surface area contributed by atoms with Crippen molar-refractivity contribution >= 4 is 51.5 Å². The molecule has 0 atom stereocenters. The molecule has 0 heterocycles. The Balaban J connectivity index is 0.00000225. The van der Waals surface area contributed by atoms with Gasteiger partial charge in [-0.25, -0.2) is 4.79 Å². The van der Waals surface area contributed by atoms with Crippen molar-refractivity contribution < 1.29 is 22.5 Å². The molecule has 0 amide bonds. The average molecular weight is 255 g/mol. The van der Waals surface area contributed by atoms with Gasteiger partial charge >= 0.3 is 45.8 Å². The van der Waals surface area contributed by atoms with E-state index in [9.17, 15) is 13.2 Å². The second-order valence-electron chi connectivity index (χ2n) is 2.65. The van der Waals surface area contributed by atoms with Crippen molar-refractivity contribution in [3.05, 3.63) is 29.8 Å². The Morgan fingerprint density at radius 2 is 1.81 bits per heavy atom. The monoisotopic (exact) mass is 255 g/mol. The number of nitrogens with one attached hydrogen (secondary N) is 1. The molecule has 8 heteroatoms. The molecule has 0 spiro atoms. The fraction of sp³-hybridized carbons (Fsp3) is 0.125. The molecule has 1 aromatic rings. The molecular weight excluding hydrogens is 245 g/mol. The van der Waals surface area contributed by atoms with Crippen LogP contribution in [0.4, 0.5) is 5.69 Å². The van der Waals surface area contributed by atoms with Gasteiger partial charge in [0.25, 0.3) is 0 Å². The number of rotatable bonds is 3. The van der Waals surface area contributed by atoms with E-state index in [2.05, 4.69) is 4.74 Å². The fourth-order valence-electron chi connectivity index (χ4n) is 0.941. The number of ether oxygens (including phenoxy) is 1. The summed E-state index contributed by atoms with van der Waals surface area (Å²) >= 11 is 0. The van der Waals surface area contributed by atoms with Crippen molar-refractivity contribution in [2.75, 3.05) is 11.8 Å². The Morgan fingerprint density at radius 3 is 2.19 bits per heavy atom. The van der Waals surface area contributed by atoms with E-state index in [1.165, 1.54) is 31.4 Å². The SMILES string of the molecule is COC(=O)c1ccc(NS(=O)(=O)O)cc1.[NaH]. The predicted molar refractivity (Wildman–Crippen MR) is 60.1 cm³/mol. The third-order valence-electron chi connectivity index (χ3n) is 1.55. The Kier molecular flexibility index (Phi) is 5.98. The molecule has 1 rings (SSSR count). The van der Waals surface area contributed by atoms with E-state index in [-0.39, 0.29) is 35.2 Å². The van der Waals surface area contributed by atoms with Crippen LogP contribution in [-0.2, 0) is 15.0 Å². The zero-order valence-electron chi connectivity index (χ0n) is 7.80. The third kappa shape index (κ3) is 4.95. The Morgan fingerprint density at radius 1 is 1.31 bits per heavy atom. The molecule has 0 aliphatic carbocycles. The van der Waals surface area contributed by atoms with E-state index in [0.29, 0.717) is 5.56 Å². The molecule has 6 nitrogen and oxygen atoms in total. The first kappa shape index (κ1) is 15.4. The number of hydrogen-bond donors (Lipinski definition) is 2. The van der Waals surface area contributed by atoms with Crippen LogP contribution in [0.3, 0.4) is 0 Å². The number of carbonyl (C=O) groups excluding carboxylic acids is 1. The van der Waals surface area contributed by atoms with Crippen LogP contribution in [0, 0.1) is 0 Å². The maximum atomic E-state index is 11.0. The number of anilines is 1. The van der Waals surface area contributed by atoms with Crippen LogP contribution in [0.5, 0.6) is 0 Å². The molecule has 0 fully saturated rings. The molecule has 0 unspecified atom stereocenters. The van der Waals surface area contributed by atoms with Gasteiger partial charge in [-0.2, -0.15) is 8.42 Å².